The lowest BCUT2D eigenvalue weighted by Crippen LogP contribution is -2.40. The van der Waals surface area contributed by atoms with E-state index in [1.807, 2.05) is 83.8 Å². The number of carbonyl (C=O) groups excluding carboxylic acids is 2. The summed E-state index contributed by atoms with van der Waals surface area (Å²) >= 11 is 0. The Labute approximate surface area is 210 Å². The number of fused-ring (bicyclic) bond motifs is 1. The molecule has 1 aliphatic rings. The van der Waals surface area contributed by atoms with Gasteiger partial charge in [0.25, 0.3) is 5.91 Å². The highest BCUT2D eigenvalue weighted by Gasteiger charge is 2.29. The third kappa shape index (κ3) is 4.54. The largest absolute Gasteiger partial charge is 0.493 e. The van der Waals surface area contributed by atoms with Crippen LogP contribution in [-0.2, 0) is 0 Å². The molecule has 5 rings (SSSR count). The van der Waals surface area contributed by atoms with Gasteiger partial charge in [0.2, 0.25) is 0 Å². The highest BCUT2D eigenvalue weighted by Crippen LogP contribution is 2.34. The van der Waals surface area contributed by atoms with E-state index < -0.39 is 0 Å². The van der Waals surface area contributed by atoms with Crippen LogP contribution in [-0.4, -0.2) is 48.9 Å². The number of pyridine rings is 1. The van der Waals surface area contributed by atoms with Crippen LogP contribution in [0, 0.1) is 5.92 Å². The van der Waals surface area contributed by atoms with E-state index in [0.717, 1.165) is 22.0 Å². The minimum absolute atomic E-state index is 0.0408. The highest BCUT2D eigenvalue weighted by atomic mass is 16.5. The Morgan fingerprint density at radius 2 is 1.53 bits per heavy atom. The number of aromatic nitrogens is 1. The lowest BCUT2D eigenvalue weighted by molar-refractivity contribution is 0.0652. The van der Waals surface area contributed by atoms with Crippen LogP contribution in [0.15, 0.2) is 78.9 Å². The first-order chi connectivity index (χ1) is 17.6. The van der Waals surface area contributed by atoms with Gasteiger partial charge in [0.05, 0.1) is 31.0 Å². The number of ether oxygens (including phenoxy) is 2. The molecule has 1 saturated heterocycles. The fraction of sp³-hybridized carbons (Fsp3) is 0.233. The summed E-state index contributed by atoms with van der Waals surface area (Å²) in [5.41, 5.74) is 3.62. The van der Waals surface area contributed by atoms with Crippen molar-refractivity contribution in [2.24, 2.45) is 5.92 Å². The van der Waals surface area contributed by atoms with E-state index >= 15 is 0 Å². The number of hydrogen-bond donors (Lipinski definition) is 0. The van der Waals surface area contributed by atoms with Crippen molar-refractivity contribution >= 4 is 22.6 Å². The Morgan fingerprint density at radius 3 is 2.25 bits per heavy atom. The predicted molar refractivity (Wildman–Crippen MR) is 140 cm³/mol. The highest BCUT2D eigenvalue weighted by molar-refractivity contribution is 6.07. The molecule has 2 heterocycles. The van der Waals surface area contributed by atoms with E-state index in [-0.39, 0.29) is 17.6 Å². The Bertz CT molecular complexity index is 1410. The van der Waals surface area contributed by atoms with Crippen molar-refractivity contribution in [2.75, 3.05) is 27.3 Å². The average Bonchev–Trinajstić information content (AvgIpc) is 2.96. The second-order valence-electron chi connectivity index (χ2n) is 8.94. The summed E-state index contributed by atoms with van der Waals surface area (Å²) < 4.78 is 10.8. The van der Waals surface area contributed by atoms with Gasteiger partial charge in [-0.25, -0.2) is 4.98 Å². The molecule has 3 aromatic carbocycles. The van der Waals surface area contributed by atoms with Crippen LogP contribution < -0.4 is 9.47 Å². The first kappa shape index (κ1) is 23.5. The van der Waals surface area contributed by atoms with Gasteiger partial charge in [0.1, 0.15) is 0 Å². The molecule has 1 fully saturated rings. The Morgan fingerprint density at radius 1 is 0.833 bits per heavy atom. The van der Waals surface area contributed by atoms with Crippen LogP contribution >= 0.6 is 0 Å². The lowest BCUT2D eigenvalue weighted by atomic mass is 9.88. The molecule has 0 radical (unpaired) electrons. The van der Waals surface area contributed by atoms with Crippen molar-refractivity contribution in [1.82, 2.24) is 9.88 Å². The Hall–Kier alpha value is -4.19. The van der Waals surface area contributed by atoms with Gasteiger partial charge in [0, 0.05) is 35.5 Å². The maximum atomic E-state index is 13.7. The number of benzene rings is 3. The second kappa shape index (κ2) is 10.2. The van der Waals surface area contributed by atoms with Gasteiger partial charge >= 0.3 is 0 Å². The number of amides is 1. The number of rotatable bonds is 6. The van der Waals surface area contributed by atoms with Crippen LogP contribution in [0.1, 0.15) is 33.6 Å². The molecule has 1 aromatic heterocycles. The van der Waals surface area contributed by atoms with Crippen molar-refractivity contribution in [3.63, 3.8) is 0 Å². The number of Topliss-reactive ketones (excluding diaryl/α,β-unsaturated/α-hetero) is 1. The molecule has 1 aliphatic heterocycles. The summed E-state index contributed by atoms with van der Waals surface area (Å²) in [7, 11) is 3.19. The van der Waals surface area contributed by atoms with Crippen LogP contribution in [0.4, 0.5) is 0 Å². The smallest absolute Gasteiger partial charge is 0.254 e. The van der Waals surface area contributed by atoms with E-state index in [1.165, 1.54) is 0 Å². The zero-order valence-electron chi connectivity index (χ0n) is 20.4. The summed E-state index contributed by atoms with van der Waals surface area (Å²) in [5, 5.41) is 0.814. The maximum absolute atomic E-state index is 13.7. The molecular formula is C30H28N2O4. The molecule has 0 atom stereocenters. The maximum Gasteiger partial charge on any atom is 0.254 e. The van der Waals surface area contributed by atoms with Crippen LogP contribution in [0.2, 0.25) is 0 Å². The molecule has 0 aliphatic carbocycles. The van der Waals surface area contributed by atoms with Gasteiger partial charge in [-0.1, -0.05) is 48.5 Å². The molecule has 1 amide bonds. The number of para-hydroxylation sites is 1. The van der Waals surface area contributed by atoms with Gasteiger partial charge in [-0.2, -0.15) is 0 Å². The fourth-order valence-corrected chi connectivity index (χ4v) is 4.85. The number of piperidine rings is 1. The van der Waals surface area contributed by atoms with Crippen LogP contribution in [0.3, 0.4) is 0 Å². The third-order valence-corrected chi connectivity index (χ3v) is 6.84. The van der Waals surface area contributed by atoms with E-state index in [2.05, 4.69) is 0 Å². The SMILES string of the molecule is COc1ccc(-c2cc(C(=O)N3CCC(C(=O)c4ccccc4)CC3)c3ccccc3n2)cc1OC. The van der Waals surface area contributed by atoms with Crippen LogP contribution in [0.5, 0.6) is 11.5 Å². The average molecular weight is 481 g/mol. The molecular weight excluding hydrogens is 452 g/mol. The molecule has 36 heavy (non-hydrogen) atoms. The standard InChI is InChI=1S/C30H28N2O4/c1-35-27-13-12-22(18-28(27)36-2)26-19-24(23-10-6-7-11-25(23)31-26)30(34)32-16-14-21(15-17-32)29(33)20-8-4-3-5-9-20/h3-13,18-19,21H,14-17H2,1-2H3. The number of ketones is 1. The lowest BCUT2D eigenvalue weighted by Gasteiger charge is -2.31. The van der Waals surface area contributed by atoms with Gasteiger partial charge in [-0.3, -0.25) is 9.59 Å². The van der Waals surface area contributed by atoms with E-state index in [0.29, 0.717) is 48.7 Å². The van der Waals surface area contributed by atoms with Gasteiger partial charge in [0.15, 0.2) is 17.3 Å². The quantitative estimate of drug-likeness (QED) is 0.334. The van der Waals surface area contributed by atoms with E-state index in [1.54, 1.807) is 14.2 Å². The topological polar surface area (TPSA) is 68.7 Å². The summed E-state index contributed by atoms with van der Waals surface area (Å²) in [4.78, 5) is 33.3. The molecule has 182 valence electrons. The molecule has 6 nitrogen and oxygen atoms in total. The van der Waals surface area contributed by atoms with E-state index in [9.17, 15) is 9.59 Å². The summed E-state index contributed by atoms with van der Waals surface area (Å²) in [6, 6.07) is 24.6. The van der Waals surface area contributed by atoms with Crippen molar-refractivity contribution in [2.45, 2.75) is 12.8 Å². The Kier molecular flexibility index (Phi) is 6.67. The summed E-state index contributed by atoms with van der Waals surface area (Å²) in [6.07, 6.45) is 1.32. The van der Waals surface area contributed by atoms with Crippen molar-refractivity contribution in [3.8, 4) is 22.8 Å². The molecule has 0 bridgehead atoms. The number of hydrogen-bond acceptors (Lipinski definition) is 5. The minimum atomic E-state index is -0.0621. The fourth-order valence-electron chi connectivity index (χ4n) is 4.85. The van der Waals surface area contributed by atoms with Crippen LogP contribution in [0.25, 0.3) is 22.2 Å². The Balaban J connectivity index is 1.43. The normalized spacial score (nSPS) is 14.0. The van der Waals surface area contributed by atoms with Gasteiger partial charge in [-0.15, -0.1) is 0 Å². The number of likely N-dealkylation sites (tertiary alicyclic amines) is 1. The monoisotopic (exact) mass is 480 g/mol. The number of carbonyl (C=O) groups is 2. The third-order valence-electron chi connectivity index (χ3n) is 6.84. The van der Waals surface area contributed by atoms with Gasteiger partial charge < -0.3 is 14.4 Å². The summed E-state index contributed by atoms with van der Waals surface area (Å²) in [6.45, 7) is 1.09. The molecule has 0 N–H and O–H groups in total. The molecule has 6 heteroatoms. The zero-order valence-corrected chi connectivity index (χ0v) is 20.4. The van der Waals surface area contributed by atoms with E-state index in [4.69, 9.17) is 14.5 Å². The first-order valence-electron chi connectivity index (χ1n) is 12.1. The zero-order chi connectivity index (χ0) is 25.1. The minimum Gasteiger partial charge on any atom is -0.493 e. The van der Waals surface area contributed by atoms with Gasteiger partial charge in [-0.05, 0) is 43.2 Å². The predicted octanol–water partition coefficient (Wildman–Crippen LogP) is 5.65. The molecule has 0 spiro atoms. The summed E-state index contributed by atoms with van der Waals surface area (Å²) in [5.74, 6) is 1.29. The molecule has 0 unspecified atom stereocenters. The van der Waals surface area contributed by atoms with Crippen molar-refractivity contribution in [3.05, 3.63) is 90.0 Å². The number of nitrogens with zero attached hydrogens (tertiary/aromatic N) is 2. The number of methoxy groups -OCH3 is 2. The van der Waals surface area contributed by atoms with Crippen molar-refractivity contribution < 1.29 is 19.1 Å². The second-order valence-corrected chi connectivity index (χ2v) is 8.94. The molecule has 4 aromatic rings. The van der Waals surface area contributed by atoms with Crippen molar-refractivity contribution in [1.29, 1.82) is 0 Å². The first-order valence-corrected chi connectivity index (χ1v) is 12.1. The molecule has 0 saturated carbocycles.